The SMILES string of the molecule is CC(C)Oc1ccc(CCC(=O)N2CCCC[C@@H]2c2cccnc2)cc1. The molecule has 0 aliphatic carbocycles. The zero-order valence-electron chi connectivity index (χ0n) is 15.7. The molecule has 3 rings (SSSR count). The van der Waals surface area contributed by atoms with Gasteiger partial charge < -0.3 is 9.64 Å². The van der Waals surface area contributed by atoms with Crippen LogP contribution in [0.5, 0.6) is 5.75 Å². The van der Waals surface area contributed by atoms with Gasteiger partial charge in [0.1, 0.15) is 5.75 Å². The maximum Gasteiger partial charge on any atom is 0.223 e. The minimum atomic E-state index is 0.172. The van der Waals surface area contributed by atoms with E-state index in [9.17, 15) is 4.79 Å². The van der Waals surface area contributed by atoms with Crippen LogP contribution in [-0.2, 0) is 11.2 Å². The summed E-state index contributed by atoms with van der Waals surface area (Å²) in [4.78, 5) is 19.1. The van der Waals surface area contributed by atoms with Gasteiger partial charge in [-0.3, -0.25) is 9.78 Å². The van der Waals surface area contributed by atoms with E-state index in [0.29, 0.717) is 6.42 Å². The molecular weight excluding hydrogens is 324 g/mol. The fourth-order valence-corrected chi connectivity index (χ4v) is 3.55. The van der Waals surface area contributed by atoms with E-state index in [1.54, 1.807) is 6.20 Å². The number of carbonyl (C=O) groups is 1. The van der Waals surface area contributed by atoms with Gasteiger partial charge in [-0.05, 0) is 68.9 Å². The molecule has 0 N–H and O–H groups in total. The van der Waals surface area contributed by atoms with Crippen LogP contribution in [0.1, 0.15) is 56.7 Å². The largest absolute Gasteiger partial charge is 0.491 e. The Morgan fingerprint density at radius 1 is 1.23 bits per heavy atom. The summed E-state index contributed by atoms with van der Waals surface area (Å²) in [5, 5.41) is 0. The highest BCUT2D eigenvalue weighted by Crippen LogP contribution is 2.31. The quantitative estimate of drug-likeness (QED) is 0.765. The predicted octanol–water partition coefficient (Wildman–Crippen LogP) is 4.56. The highest BCUT2D eigenvalue weighted by Gasteiger charge is 2.27. The van der Waals surface area contributed by atoms with Gasteiger partial charge in [0, 0.05) is 25.4 Å². The second kappa shape index (κ2) is 8.84. The summed E-state index contributed by atoms with van der Waals surface area (Å²) >= 11 is 0. The molecule has 2 aromatic rings. The number of aromatic nitrogens is 1. The van der Waals surface area contributed by atoms with Crippen molar-refractivity contribution in [3.05, 3.63) is 59.9 Å². The topological polar surface area (TPSA) is 42.4 Å². The van der Waals surface area contributed by atoms with Gasteiger partial charge in [-0.1, -0.05) is 18.2 Å². The first kappa shape index (κ1) is 18.4. The molecule has 26 heavy (non-hydrogen) atoms. The van der Waals surface area contributed by atoms with Crippen LogP contribution in [0.15, 0.2) is 48.8 Å². The van der Waals surface area contributed by atoms with Crippen molar-refractivity contribution in [1.29, 1.82) is 0 Å². The average molecular weight is 352 g/mol. The van der Waals surface area contributed by atoms with Gasteiger partial charge in [0.15, 0.2) is 0 Å². The van der Waals surface area contributed by atoms with Crippen molar-refractivity contribution >= 4 is 5.91 Å². The van der Waals surface area contributed by atoms with E-state index in [0.717, 1.165) is 37.1 Å². The molecule has 2 heterocycles. The summed E-state index contributed by atoms with van der Waals surface area (Å²) in [6, 6.07) is 12.3. The summed E-state index contributed by atoms with van der Waals surface area (Å²) in [5.41, 5.74) is 2.32. The number of carbonyl (C=O) groups excluding carboxylic acids is 1. The summed E-state index contributed by atoms with van der Waals surface area (Å²) in [7, 11) is 0. The standard InChI is InChI=1S/C22H28N2O2/c1-17(2)26-20-11-8-18(9-12-20)10-13-22(25)24-15-4-3-7-21(24)19-6-5-14-23-16-19/h5-6,8-9,11-12,14,16-17,21H,3-4,7,10,13,15H2,1-2H3/t21-/m1/s1. The highest BCUT2D eigenvalue weighted by molar-refractivity contribution is 5.77. The van der Waals surface area contributed by atoms with E-state index in [1.807, 2.05) is 38.2 Å². The summed E-state index contributed by atoms with van der Waals surface area (Å²) in [6.45, 7) is 4.88. The van der Waals surface area contributed by atoms with Crippen LogP contribution in [0, 0.1) is 0 Å². The molecule has 0 unspecified atom stereocenters. The second-order valence-electron chi connectivity index (χ2n) is 7.20. The fourth-order valence-electron chi connectivity index (χ4n) is 3.55. The van der Waals surface area contributed by atoms with Crippen molar-refractivity contribution in [1.82, 2.24) is 9.88 Å². The number of nitrogens with zero attached hydrogens (tertiary/aromatic N) is 2. The molecule has 1 saturated heterocycles. The Bertz CT molecular complexity index is 698. The number of aryl methyl sites for hydroxylation is 1. The van der Waals surface area contributed by atoms with Crippen LogP contribution < -0.4 is 4.74 Å². The Morgan fingerprint density at radius 3 is 2.73 bits per heavy atom. The zero-order chi connectivity index (χ0) is 18.4. The Balaban J connectivity index is 1.59. The maximum atomic E-state index is 12.8. The van der Waals surface area contributed by atoms with Crippen molar-refractivity contribution in [2.45, 2.75) is 58.1 Å². The Labute approximate surface area is 156 Å². The first-order chi connectivity index (χ1) is 12.6. The van der Waals surface area contributed by atoms with Gasteiger partial charge >= 0.3 is 0 Å². The molecule has 1 atom stereocenters. The summed E-state index contributed by atoms with van der Waals surface area (Å²) in [6.07, 6.45) is 8.43. The third kappa shape index (κ3) is 4.84. The van der Waals surface area contributed by atoms with Crippen molar-refractivity contribution in [2.75, 3.05) is 6.54 Å². The first-order valence-electron chi connectivity index (χ1n) is 9.58. The van der Waals surface area contributed by atoms with Crippen molar-refractivity contribution in [3.63, 3.8) is 0 Å². The van der Waals surface area contributed by atoms with E-state index < -0.39 is 0 Å². The van der Waals surface area contributed by atoms with Gasteiger partial charge in [-0.25, -0.2) is 0 Å². The van der Waals surface area contributed by atoms with Crippen LogP contribution in [0.25, 0.3) is 0 Å². The minimum absolute atomic E-state index is 0.172. The number of pyridine rings is 1. The number of benzene rings is 1. The van der Waals surface area contributed by atoms with Gasteiger partial charge in [0.05, 0.1) is 12.1 Å². The van der Waals surface area contributed by atoms with Crippen LogP contribution in [0.2, 0.25) is 0 Å². The third-order valence-electron chi connectivity index (χ3n) is 4.82. The van der Waals surface area contributed by atoms with E-state index in [2.05, 4.69) is 28.1 Å². The molecule has 1 aromatic heterocycles. The number of hydrogen-bond donors (Lipinski definition) is 0. The third-order valence-corrected chi connectivity index (χ3v) is 4.82. The monoisotopic (exact) mass is 352 g/mol. The van der Waals surface area contributed by atoms with Crippen LogP contribution in [0.4, 0.5) is 0 Å². The molecule has 1 aliphatic rings. The molecule has 0 saturated carbocycles. The Kier molecular flexibility index (Phi) is 6.26. The molecule has 1 fully saturated rings. The second-order valence-corrected chi connectivity index (χ2v) is 7.20. The fraction of sp³-hybridized carbons (Fsp3) is 0.455. The normalized spacial score (nSPS) is 17.3. The molecule has 138 valence electrons. The predicted molar refractivity (Wildman–Crippen MR) is 103 cm³/mol. The highest BCUT2D eigenvalue weighted by atomic mass is 16.5. The number of hydrogen-bond acceptors (Lipinski definition) is 3. The molecule has 0 bridgehead atoms. The van der Waals surface area contributed by atoms with E-state index in [-0.39, 0.29) is 18.1 Å². The molecule has 0 radical (unpaired) electrons. The van der Waals surface area contributed by atoms with Crippen molar-refractivity contribution < 1.29 is 9.53 Å². The van der Waals surface area contributed by atoms with Gasteiger partial charge in [-0.2, -0.15) is 0 Å². The lowest BCUT2D eigenvalue weighted by atomic mass is 9.95. The molecule has 1 aliphatic heterocycles. The van der Waals surface area contributed by atoms with Crippen molar-refractivity contribution in [2.24, 2.45) is 0 Å². The average Bonchev–Trinajstić information content (AvgIpc) is 2.67. The maximum absolute atomic E-state index is 12.8. The Morgan fingerprint density at radius 2 is 2.04 bits per heavy atom. The van der Waals surface area contributed by atoms with E-state index in [4.69, 9.17) is 4.74 Å². The Hall–Kier alpha value is -2.36. The number of likely N-dealkylation sites (tertiary alicyclic amines) is 1. The summed E-state index contributed by atoms with van der Waals surface area (Å²) in [5.74, 6) is 1.11. The van der Waals surface area contributed by atoms with Crippen molar-refractivity contribution in [3.8, 4) is 5.75 Å². The lowest BCUT2D eigenvalue weighted by Gasteiger charge is -2.36. The van der Waals surface area contributed by atoms with Crippen LogP contribution in [0.3, 0.4) is 0 Å². The first-order valence-corrected chi connectivity index (χ1v) is 9.58. The number of amides is 1. The smallest absolute Gasteiger partial charge is 0.223 e. The zero-order valence-corrected chi connectivity index (χ0v) is 15.7. The van der Waals surface area contributed by atoms with E-state index in [1.165, 1.54) is 12.0 Å². The summed E-state index contributed by atoms with van der Waals surface area (Å²) < 4.78 is 5.67. The van der Waals surface area contributed by atoms with Crippen LogP contribution in [-0.4, -0.2) is 28.4 Å². The molecule has 4 heteroatoms. The lowest BCUT2D eigenvalue weighted by molar-refractivity contribution is -0.135. The molecule has 4 nitrogen and oxygen atoms in total. The molecular formula is C22H28N2O2. The minimum Gasteiger partial charge on any atom is -0.491 e. The van der Waals surface area contributed by atoms with Gasteiger partial charge in [0.25, 0.3) is 0 Å². The van der Waals surface area contributed by atoms with Gasteiger partial charge in [-0.15, -0.1) is 0 Å². The van der Waals surface area contributed by atoms with Gasteiger partial charge in [0.2, 0.25) is 5.91 Å². The molecule has 0 spiro atoms. The van der Waals surface area contributed by atoms with Crippen LogP contribution >= 0.6 is 0 Å². The number of ether oxygens (including phenoxy) is 1. The molecule has 1 amide bonds. The lowest BCUT2D eigenvalue weighted by Crippen LogP contribution is -2.38. The van der Waals surface area contributed by atoms with E-state index >= 15 is 0 Å². The molecule has 1 aromatic carbocycles. The number of piperidine rings is 1. The number of rotatable bonds is 6.